The molecule has 0 spiro atoms. The van der Waals surface area contributed by atoms with Crippen molar-refractivity contribution in [2.24, 2.45) is 12.0 Å². The Morgan fingerprint density at radius 1 is 1.46 bits per heavy atom. The van der Waals surface area contributed by atoms with Crippen molar-refractivity contribution >= 4 is 45.9 Å². The highest BCUT2D eigenvalue weighted by Gasteiger charge is 2.27. The highest BCUT2D eigenvalue weighted by Crippen LogP contribution is 2.15. The lowest BCUT2D eigenvalue weighted by atomic mass is 10.4. The van der Waals surface area contributed by atoms with Gasteiger partial charge >= 0.3 is 6.18 Å². The van der Waals surface area contributed by atoms with E-state index in [9.17, 15) is 13.2 Å². The molecule has 10 heteroatoms. The molecule has 140 valence electrons. The third-order valence-corrected chi connectivity index (χ3v) is 3.50. The molecule has 1 aromatic rings. The van der Waals surface area contributed by atoms with Gasteiger partial charge in [0.2, 0.25) is 0 Å². The van der Waals surface area contributed by atoms with Crippen LogP contribution in [-0.4, -0.2) is 55.5 Å². The van der Waals surface area contributed by atoms with Gasteiger partial charge in [-0.2, -0.15) is 13.2 Å². The van der Waals surface area contributed by atoms with E-state index in [4.69, 9.17) is 0 Å². The van der Waals surface area contributed by atoms with E-state index < -0.39 is 12.8 Å². The second kappa shape index (κ2) is 11.2. The van der Waals surface area contributed by atoms with Crippen molar-refractivity contribution < 1.29 is 17.9 Å². The van der Waals surface area contributed by atoms with Gasteiger partial charge in [-0.15, -0.1) is 24.0 Å². The highest BCUT2D eigenvalue weighted by atomic mass is 127. The fourth-order valence-electron chi connectivity index (χ4n) is 1.99. The minimum Gasteiger partial charge on any atom is -0.372 e. The first-order chi connectivity index (χ1) is 10.7. The number of aryl methyl sites for hydroxylation is 1. The summed E-state index contributed by atoms with van der Waals surface area (Å²) in [6.45, 7) is 0.0000187. The minimum atomic E-state index is -4.27. The molecule has 0 unspecified atom stereocenters. The molecule has 1 N–H and O–H groups in total. The average Bonchev–Trinajstić information content (AvgIpc) is 2.74. The molecular weight excluding hydrogens is 504 g/mol. The van der Waals surface area contributed by atoms with Crippen LogP contribution in [0.2, 0.25) is 0 Å². The monoisotopic (exact) mass is 526 g/mol. The number of aliphatic imine (C=N–C) groups is 1. The average molecular weight is 527 g/mol. The molecule has 0 aliphatic carbocycles. The maximum atomic E-state index is 11.9. The molecule has 1 rings (SSSR count). The van der Waals surface area contributed by atoms with Crippen molar-refractivity contribution in [3.05, 3.63) is 22.4 Å². The van der Waals surface area contributed by atoms with E-state index in [0.717, 1.165) is 10.2 Å². The zero-order valence-corrected chi connectivity index (χ0v) is 17.8. The second-order valence-corrected chi connectivity index (χ2v) is 6.03. The molecular formula is C14H23BrF3IN4O. The van der Waals surface area contributed by atoms with Crippen molar-refractivity contribution in [1.29, 1.82) is 0 Å². The molecule has 0 atom stereocenters. The third kappa shape index (κ3) is 9.11. The Kier molecular flexibility index (Phi) is 11.0. The zero-order valence-electron chi connectivity index (χ0n) is 13.9. The standard InChI is InChI=1S/C14H22BrF3N4O.HI/c1-19-13(20-5-4-6-23-10-14(16,17)18)22(3)9-12-7-11(15)8-21(12)2;/h7-8H,4-6,9-10H2,1-3H3,(H,19,20);1H. The number of nitrogens with zero attached hydrogens (tertiary/aromatic N) is 3. The van der Waals surface area contributed by atoms with E-state index in [1.54, 1.807) is 7.05 Å². The maximum Gasteiger partial charge on any atom is 0.411 e. The van der Waals surface area contributed by atoms with Crippen LogP contribution < -0.4 is 5.32 Å². The lowest BCUT2D eigenvalue weighted by molar-refractivity contribution is -0.173. The molecule has 0 radical (unpaired) electrons. The Labute approximate surface area is 165 Å². The molecule has 1 aromatic heterocycles. The van der Waals surface area contributed by atoms with E-state index in [-0.39, 0.29) is 30.6 Å². The molecule has 0 amide bonds. The number of alkyl halides is 3. The predicted molar refractivity (Wildman–Crippen MR) is 103 cm³/mol. The van der Waals surface area contributed by atoms with Crippen molar-refractivity contribution in [2.75, 3.05) is 33.9 Å². The summed E-state index contributed by atoms with van der Waals surface area (Å²) in [5.74, 6) is 0.679. The van der Waals surface area contributed by atoms with E-state index in [1.165, 1.54) is 0 Å². The summed E-state index contributed by atoms with van der Waals surface area (Å²) < 4.78 is 43.4. The van der Waals surface area contributed by atoms with Gasteiger partial charge in [0, 0.05) is 50.7 Å². The molecule has 0 fully saturated rings. The van der Waals surface area contributed by atoms with Gasteiger partial charge in [-0.3, -0.25) is 4.99 Å². The Morgan fingerprint density at radius 2 is 2.12 bits per heavy atom. The van der Waals surface area contributed by atoms with Crippen LogP contribution in [0.25, 0.3) is 0 Å². The summed E-state index contributed by atoms with van der Waals surface area (Å²) in [5, 5.41) is 3.11. The number of hydrogen-bond donors (Lipinski definition) is 1. The molecule has 0 aromatic carbocycles. The molecule has 1 heterocycles. The van der Waals surface area contributed by atoms with Crippen LogP contribution in [0.1, 0.15) is 12.1 Å². The Morgan fingerprint density at radius 3 is 2.62 bits per heavy atom. The second-order valence-electron chi connectivity index (χ2n) is 5.11. The summed E-state index contributed by atoms with van der Waals surface area (Å²) in [6.07, 6.45) is -1.83. The molecule has 24 heavy (non-hydrogen) atoms. The molecule has 0 aliphatic heterocycles. The van der Waals surface area contributed by atoms with Crippen LogP contribution >= 0.6 is 39.9 Å². The van der Waals surface area contributed by atoms with Gasteiger partial charge in [0.15, 0.2) is 5.96 Å². The number of ether oxygens (including phenoxy) is 1. The van der Waals surface area contributed by atoms with Gasteiger partial charge in [0.25, 0.3) is 0 Å². The fourth-order valence-corrected chi connectivity index (χ4v) is 2.56. The maximum absolute atomic E-state index is 11.9. The summed E-state index contributed by atoms with van der Waals surface area (Å²) in [5.41, 5.74) is 1.11. The first-order valence-electron chi connectivity index (χ1n) is 7.10. The Bertz CT molecular complexity index is 523. The Hall–Kier alpha value is -0.490. The van der Waals surface area contributed by atoms with Crippen molar-refractivity contribution in [1.82, 2.24) is 14.8 Å². The first kappa shape index (κ1) is 23.5. The van der Waals surface area contributed by atoms with Gasteiger partial charge in [-0.1, -0.05) is 0 Å². The summed E-state index contributed by atoms with van der Waals surface area (Å²) >= 11 is 3.43. The van der Waals surface area contributed by atoms with Gasteiger partial charge in [-0.05, 0) is 28.4 Å². The van der Waals surface area contributed by atoms with Crippen LogP contribution in [0.3, 0.4) is 0 Å². The number of halogens is 5. The quantitative estimate of drug-likeness (QED) is 0.256. The van der Waals surface area contributed by atoms with E-state index in [2.05, 4.69) is 31.0 Å². The Balaban J connectivity index is 0.00000529. The summed E-state index contributed by atoms with van der Waals surface area (Å²) in [4.78, 5) is 6.11. The highest BCUT2D eigenvalue weighted by molar-refractivity contribution is 14.0. The predicted octanol–water partition coefficient (Wildman–Crippen LogP) is 3.38. The van der Waals surface area contributed by atoms with Crippen LogP contribution in [-0.2, 0) is 18.3 Å². The van der Waals surface area contributed by atoms with Crippen LogP contribution in [0.15, 0.2) is 21.7 Å². The van der Waals surface area contributed by atoms with E-state index >= 15 is 0 Å². The van der Waals surface area contributed by atoms with Gasteiger partial charge in [-0.25, -0.2) is 0 Å². The minimum absolute atomic E-state index is 0. The normalized spacial score (nSPS) is 12.0. The topological polar surface area (TPSA) is 41.8 Å². The van der Waals surface area contributed by atoms with Crippen LogP contribution in [0.4, 0.5) is 13.2 Å². The van der Waals surface area contributed by atoms with Gasteiger partial charge < -0.3 is 19.5 Å². The number of guanidine groups is 1. The smallest absolute Gasteiger partial charge is 0.372 e. The lowest BCUT2D eigenvalue weighted by Crippen LogP contribution is -2.39. The third-order valence-electron chi connectivity index (χ3n) is 3.06. The SMILES string of the molecule is CN=C(NCCCOCC(F)(F)F)N(C)Cc1cc(Br)cn1C.I. The molecule has 0 bridgehead atoms. The number of rotatable bonds is 7. The molecule has 0 saturated heterocycles. The first-order valence-corrected chi connectivity index (χ1v) is 7.89. The summed E-state index contributed by atoms with van der Waals surface area (Å²) in [7, 11) is 5.53. The van der Waals surface area contributed by atoms with Crippen molar-refractivity contribution in [3.8, 4) is 0 Å². The van der Waals surface area contributed by atoms with Gasteiger partial charge in [0.05, 0.1) is 6.54 Å². The zero-order chi connectivity index (χ0) is 17.5. The van der Waals surface area contributed by atoms with Crippen LogP contribution in [0, 0.1) is 0 Å². The number of hydrogen-bond acceptors (Lipinski definition) is 2. The largest absolute Gasteiger partial charge is 0.411 e. The summed E-state index contributed by atoms with van der Waals surface area (Å²) in [6, 6.07) is 2.02. The van der Waals surface area contributed by atoms with Crippen molar-refractivity contribution in [3.63, 3.8) is 0 Å². The van der Waals surface area contributed by atoms with E-state index in [0.29, 0.717) is 25.5 Å². The number of nitrogens with one attached hydrogen (secondary N) is 1. The van der Waals surface area contributed by atoms with E-state index in [1.807, 2.05) is 35.8 Å². The lowest BCUT2D eigenvalue weighted by Gasteiger charge is -2.22. The fraction of sp³-hybridized carbons (Fsp3) is 0.643. The van der Waals surface area contributed by atoms with Gasteiger partial charge in [0.1, 0.15) is 6.61 Å². The van der Waals surface area contributed by atoms with Crippen molar-refractivity contribution in [2.45, 2.75) is 19.1 Å². The van der Waals surface area contributed by atoms with Crippen LogP contribution in [0.5, 0.6) is 0 Å². The molecule has 0 saturated carbocycles. The number of aromatic nitrogens is 1. The molecule has 0 aliphatic rings. The molecule has 5 nitrogen and oxygen atoms in total.